The van der Waals surface area contributed by atoms with E-state index in [1.54, 1.807) is 24.7 Å². The minimum atomic E-state index is -1.09. The fraction of sp³-hybridized carbons (Fsp3) is 0.276. The monoisotopic (exact) mass is 496 g/mol. The average Bonchev–Trinajstić information content (AvgIpc) is 3.66. The van der Waals surface area contributed by atoms with Crippen LogP contribution in [0.2, 0.25) is 0 Å². The highest BCUT2D eigenvalue weighted by atomic mass is 16.4. The van der Waals surface area contributed by atoms with Crippen molar-refractivity contribution in [2.75, 3.05) is 0 Å². The number of H-pyrrole nitrogens is 1. The van der Waals surface area contributed by atoms with Crippen molar-refractivity contribution >= 4 is 33.8 Å². The van der Waals surface area contributed by atoms with Crippen LogP contribution >= 0.6 is 0 Å². The maximum atomic E-state index is 13.2. The fourth-order valence-electron chi connectivity index (χ4n) is 5.45. The van der Waals surface area contributed by atoms with Gasteiger partial charge in [0.05, 0.1) is 22.9 Å². The SMILES string of the molecule is O=C(N[C@@H](Cc1cc2ccccc2[nH]1)C(=O)O)c1ccc2c(c1)nc(-c1ccoc1)n2C1CCCCC1. The van der Waals surface area contributed by atoms with Crippen LogP contribution < -0.4 is 5.32 Å². The van der Waals surface area contributed by atoms with Gasteiger partial charge in [0.15, 0.2) is 0 Å². The third kappa shape index (κ3) is 4.50. The molecule has 5 aromatic rings. The Hall–Kier alpha value is -4.33. The Balaban J connectivity index is 1.28. The molecule has 8 heteroatoms. The first kappa shape index (κ1) is 23.1. The molecule has 0 saturated heterocycles. The third-order valence-electron chi connectivity index (χ3n) is 7.28. The van der Waals surface area contributed by atoms with Gasteiger partial charge in [-0.1, -0.05) is 37.5 Å². The maximum Gasteiger partial charge on any atom is 0.326 e. The third-order valence-corrected chi connectivity index (χ3v) is 7.28. The first-order chi connectivity index (χ1) is 18.1. The van der Waals surface area contributed by atoms with E-state index in [0.717, 1.165) is 46.3 Å². The van der Waals surface area contributed by atoms with Crippen molar-refractivity contribution < 1.29 is 19.1 Å². The highest BCUT2D eigenvalue weighted by Gasteiger charge is 2.25. The average molecular weight is 497 g/mol. The number of carbonyl (C=O) groups excluding carboxylic acids is 1. The van der Waals surface area contributed by atoms with E-state index >= 15 is 0 Å². The van der Waals surface area contributed by atoms with Gasteiger partial charge in [-0.05, 0) is 54.6 Å². The Morgan fingerprint density at radius 3 is 2.70 bits per heavy atom. The van der Waals surface area contributed by atoms with Crippen molar-refractivity contribution in [1.82, 2.24) is 19.9 Å². The largest absolute Gasteiger partial charge is 0.480 e. The molecule has 3 heterocycles. The van der Waals surface area contributed by atoms with E-state index in [1.807, 2.05) is 42.5 Å². The van der Waals surface area contributed by atoms with Crippen molar-refractivity contribution in [3.05, 3.63) is 78.4 Å². The molecular formula is C29H28N4O4. The molecule has 1 saturated carbocycles. The summed E-state index contributed by atoms with van der Waals surface area (Å²) in [5, 5.41) is 13.5. The van der Waals surface area contributed by atoms with Crippen LogP contribution in [0.1, 0.15) is 54.2 Å². The molecule has 0 spiro atoms. The second-order valence-corrected chi connectivity index (χ2v) is 9.76. The molecule has 37 heavy (non-hydrogen) atoms. The minimum absolute atomic E-state index is 0.152. The normalized spacial score (nSPS) is 15.2. The number of para-hydroxylation sites is 1. The summed E-state index contributed by atoms with van der Waals surface area (Å²) in [4.78, 5) is 33.3. The van der Waals surface area contributed by atoms with E-state index in [9.17, 15) is 14.7 Å². The fourth-order valence-corrected chi connectivity index (χ4v) is 5.45. The van der Waals surface area contributed by atoms with Gasteiger partial charge in [-0.2, -0.15) is 0 Å². The smallest absolute Gasteiger partial charge is 0.326 e. The Bertz CT molecular complexity index is 1540. The molecule has 1 atom stereocenters. The Morgan fingerprint density at radius 2 is 1.95 bits per heavy atom. The van der Waals surface area contributed by atoms with Crippen LogP contribution in [0.5, 0.6) is 0 Å². The molecule has 1 amide bonds. The number of nitrogens with one attached hydrogen (secondary N) is 2. The molecule has 2 aromatic carbocycles. The molecule has 0 bridgehead atoms. The van der Waals surface area contributed by atoms with Crippen molar-refractivity contribution in [2.45, 2.75) is 50.6 Å². The number of hydrogen-bond acceptors (Lipinski definition) is 4. The van der Waals surface area contributed by atoms with Gasteiger partial charge < -0.3 is 24.4 Å². The number of aromatic amines is 1. The first-order valence-electron chi connectivity index (χ1n) is 12.7. The molecule has 1 fully saturated rings. The first-order valence-corrected chi connectivity index (χ1v) is 12.7. The summed E-state index contributed by atoms with van der Waals surface area (Å²) >= 11 is 0. The predicted octanol–water partition coefficient (Wildman–Crippen LogP) is 5.71. The summed E-state index contributed by atoms with van der Waals surface area (Å²) in [5.41, 5.74) is 4.63. The minimum Gasteiger partial charge on any atom is -0.480 e. The van der Waals surface area contributed by atoms with Crippen molar-refractivity contribution in [3.8, 4) is 11.4 Å². The van der Waals surface area contributed by atoms with Crippen LogP contribution in [-0.4, -0.2) is 37.6 Å². The Morgan fingerprint density at radius 1 is 1.11 bits per heavy atom. The molecule has 8 nitrogen and oxygen atoms in total. The van der Waals surface area contributed by atoms with Gasteiger partial charge in [0.2, 0.25) is 0 Å². The number of carboxylic acids is 1. The number of imidazole rings is 1. The van der Waals surface area contributed by atoms with Crippen LogP contribution in [0.4, 0.5) is 0 Å². The second kappa shape index (κ2) is 9.61. The second-order valence-electron chi connectivity index (χ2n) is 9.76. The van der Waals surface area contributed by atoms with Gasteiger partial charge in [0.25, 0.3) is 5.91 Å². The standard InChI is InChI=1S/C29H28N4O4/c34-28(32-25(29(35)36)16-21-14-18-6-4-5-9-23(18)30-21)19-10-11-26-24(15-19)31-27(20-12-13-37-17-20)33(26)22-7-2-1-3-8-22/h4-6,9-15,17,22,25,30H,1-3,7-8,16H2,(H,32,34)(H,35,36)/t25-/m0/s1. The zero-order valence-corrected chi connectivity index (χ0v) is 20.3. The summed E-state index contributed by atoms with van der Waals surface area (Å²) in [7, 11) is 0. The van der Waals surface area contributed by atoms with Crippen LogP contribution in [0.15, 0.2) is 71.5 Å². The molecule has 3 N–H and O–H groups in total. The number of furan rings is 1. The molecule has 1 aliphatic carbocycles. The van der Waals surface area contributed by atoms with Gasteiger partial charge in [-0.25, -0.2) is 9.78 Å². The molecular weight excluding hydrogens is 468 g/mol. The van der Waals surface area contributed by atoms with Crippen LogP contribution in [0.25, 0.3) is 33.3 Å². The lowest BCUT2D eigenvalue weighted by Gasteiger charge is -2.25. The number of fused-ring (bicyclic) bond motifs is 2. The maximum absolute atomic E-state index is 13.2. The van der Waals surface area contributed by atoms with Gasteiger partial charge in [-0.3, -0.25) is 4.79 Å². The van der Waals surface area contributed by atoms with Crippen LogP contribution in [0.3, 0.4) is 0 Å². The number of amides is 1. The number of rotatable bonds is 7. The van der Waals surface area contributed by atoms with Crippen molar-refractivity contribution in [3.63, 3.8) is 0 Å². The summed E-state index contributed by atoms with van der Waals surface area (Å²) < 4.78 is 7.60. The number of carbonyl (C=O) groups is 2. The van der Waals surface area contributed by atoms with Crippen LogP contribution in [-0.2, 0) is 11.2 Å². The van der Waals surface area contributed by atoms with Gasteiger partial charge in [0.1, 0.15) is 18.1 Å². The molecule has 0 unspecified atom stereocenters. The van der Waals surface area contributed by atoms with Gasteiger partial charge >= 0.3 is 5.97 Å². The van der Waals surface area contributed by atoms with Gasteiger partial charge in [-0.15, -0.1) is 0 Å². The highest BCUT2D eigenvalue weighted by Crippen LogP contribution is 2.36. The quantitative estimate of drug-likeness (QED) is 0.267. The van der Waals surface area contributed by atoms with E-state index in [2.05, 4.69) is 14.9 Å². The van der Waals surface area contributed by atoms with Crippen molar-refractivity contribution in [1.29, 1.82) is 0 Å². The number of nitrogens with zero attached hydrogens (tertiary/aromatic N) is 2. The zero-order valence-electron chi connectivity index (χ0n) is 20.3. The summed E-state index contributed by atoms with van der Waals surface area (Å²) in [6.07, 6.45) is 9.27. The number of aromatic nitrogens is 3. The Labute approximate surface area is 213 Å². The number of carboxylic acid groups (broad SMARTS) is 1. The van der Waals surface area contributed by atoms with E-state index in [1.165, 1.54) is 19.3 Å². The highest BCUT2D eigenvalue weighted by molar-refractivity contribution is 5.99. The Kier molecular flexibility index (Phi) is 6.00. The lowest BCUT2D eigenvalue weighted by Crippen LogP contribution is -2.42. The molecule has 1 aliphatic rings. The number of benzene rings is 2. The van der Waals surface area contributed by atoms with E-state index in [4.69, 9.17) is 9.40 Å². The van der Waals surface area contributed by atoms with E-state index in [-0.39, 0.29) is 6.42 Å². The molecule has 3 aromatic heterocycles. The summed E-state index contributed by atoms with van der Waals surface area (Å²) in [6.45, 7) is 0. The van der Waals surface area contributed by atoms with E-state index in [0.29, 0.717) is 17.1 Å². The zero-order chi connectivity index (χ0) is 25.4. The lowest BCUT2D eigenvalue weighted by molar-refractivity contribution is -0.139. The molecule has 188 valence electrons. The number of hydrogen-bond donors (Lipinski definition) is 3. The molecule has 6 rings (SSSR count). The summed E-state index contributed by atoms with van der Waals surface area (Å²) in [6, 6.07) is 16.2. The molecule has 0 aliphatic heterocycles. The molecule has 0 radical (unpaired) electrons. The van der Waals surface area contributed by atoms with E-state index < -0.39 is 17.9 Å². The topological polar surface area (TPSA) is 113 Å². The number of aliphatic carboxylic acids is 1. The van der Waals surface area contributed by atoms with Crippen LogP contribution in [0, 0.1) is 0 Å². The van der Waals surface area contributed by atoms with Crippen molar-refractivity contribution in [2.24, 2.45) is 0 Å². The van der Waals surface area contributed by atoms with Gasteiger partial charge in [0, 0.05) is 29.2 Å². The summed E-state index contributed by atoms with van der Waals surface area (Å²) in [5.74, 6) is -0.699. The lowest BCUT2D eigenvalue weighted by atomic mass is 9.95. The predicted molar refractivity (Wildman–Crippen MR) is 140 cm³/mol.